The summed E-state index contributed by atoms with van der Waals surface area (Å²) in [5, 5.41) is 49.5. The average molecular weight is 1350 g/mol. The van der Waals surface area contributed by atoms with Gasteiger partial charge in [-0.2, -0.15) is 16.8 Å². The fourth-order valence-electron chi connectivity index (χ4n) is 8.56. The van der Waals surface area contributed by atoms with E-state index in [9.17, 15) is 63.0 Å². The van der Waals surface area contributed by atoms with Crippen LogP contribution in [0, 0.1) is 17.8 Å². The van der Waals surface area contributed by atoms with Gasteiger partial charge >= 0.3 is 20.8 Å². The number of hydrogen-bond donors (Lipinski definition) is 22. The second-order valence-corrected chi connectivity index (χ2v) is 23.9. The maximum absolute atomic E-state index is 14.4. The highest BCUT2D eigenvalue weighted by Crippen LogP contribution is 2.15. The predicted octanol–water partition coefficient (Wildman–Crippen LogP) is -7.14. The SMILES string of the molecule is CCC(C)C1NC(=O)C(CCN)NC(=O)C(NC(=O)C(CCN)NC(=O)C(NC(=O)C(CCN)NC(=O)CCCCC(C)C)C(C)O)CCNC(=O)C(C(C)O)NC(=O)C(CCN)NC(=O)C(CCN)NC(=O)C(C(C)CC)NC1=O.O=S(=O)(O)O.O=S(=O)(O)O. The molecule has 0 saturated carbocycles. The van der Waals surface area contributed by atoms with Crippen LogP contribution >= 0.6 is 0 Å². The standard InChI is InChI=1S/C52H98N16O13.2H2O4S/c1-9-28(5)39-50(79)63-33(16-22-54)43(72)60-36(19-25-57)48(77)67-41(30(7)69)49(78)58-26-20-37(45(74)61-35(18-24-56)47(76)65-40(29(6)10-2)51(80)66-39)62-44(73)34(17-23-55)64-52(81)42(31(8)70)68-46(75)32(15-21-53)59-38(71)14-12-11-13-27(3)4;2*1-5(2,3)4/h27-37,39-42,69-70H,9-26,53-57H2,1-8H3,(H,58,78)(H,59,71)(H,60,72)(H,61,74)(H,62,73)(H,63,79)(H,64,81)(H,65,76)(H,66,80)(H,67,77)(H,68,75);2*(H2,1,2,3,4). The Hall–Kier alpha value is -6.37. The lowest BCUT2D eigenvalue weighted by Crippen LogP contribution is -2.62. The van der Waals surface area contributed by atoms with Crippen LogP contribution in [0.1, 0.15) is 132 Å². The third-order valence-electron chi connectivity index (χ3n) is 14.0. The molecule has 0 aromatic rings. The van der Waals surface area contributed by atoms with Crippen LogP contribution in [0.5, 0.6) is 0 Å². The average Bonchev–Trinajstić information content (AvgIpc) is 1.30. The Kier molecular flexibility index (Phi) is 42.9. The summed E-state index contributed by atoms with van der Waals surface area (Å²) in [5.41, 5.74) is 29.2. The Morgan fingerprint density at radius 2 is 0.901 bits per heavy atom. The zero-order chi connectivity index (χ0) is 70.5. The summed E-state index contributed by atoms with van der Waals surface area (Å²) in [6.45, 7) is 12.3. The van der Waals surface area contributed by atoms with Gasteiger partial charge in [0.05, 0.1) is 12.2 Å². The maximum Gasteiger partial charge on any atom is 0.394 e. The molecular weight excluding hydrogens is 1250 g/mol. The topological polar surface area (TPSA) is 640 Å². The van der Waals surface area contributed by atoms with Crippen molar-refractivity contribution in [3.63, 3.8) is 0 Å². The number of aliphatic hydroxyl groups is 2. The molecule has 27 N–H and O–H groups in total. The third-order valence-corrected chi connectivity index (χ3v) is 14.0. The van der Waals surface area contributed by atoms with Gasteiger partial charge in [0.15, 0.2) is 0 Å². The Morgan fingerprint density at radius 3 is 1.31 bits per heavy atom. The minimum absolute atomic E-state index is 0.0141. The van der Waals surface area contributed by atoms with Crippen molar-refractivity contribution in [3.8, 4) is 0 Å². The van der Waals surface area contributed by atoms with E-state index in [1.807, 2.05) is 0 Å². The number of amides is 11. The van der Waals surface area contributed by atoms with Crippen LogP contribution in [0.15, 0.2) is 0 Å². The summed E-state index contributed by atoms with van der Waals surface area (Å²) in [4.78, 5) is 153. The monoisotopic (exact) mass is 1350 g/mol. The number of aliphatic hydroxyl groups excluding tert-OH is 2. The number of hydrogen-bond acceptors (Lipinski definition) is 22. The molecule has 39 heteroatoms. The van der Waals surface area contributed by atoms with E-state index in [2.05, 4.69) is 72.3 Å². The summed E-state index contributed by atoms with van der Waals surface area (Å²) in [5.74, 6) is -10.3. The first-order chi connectivity index (χ1) is 42.2. The molecule has 1 saturated heterocycles. The lowest BCUT2D eigenvalue weighted by molar-refractivity contribution is -0.137. The molecule has 11 amide bonds. The number of unbranched alkanes of at least 4 members (excludes halogenated alkanes) is 1. The van der Waals surface area contributed by atoms with E-state index < -0.39 is 183 Å². The van der Waals surface area contributed by atoms with Gasteiger partial charge in [-0.15, -0.1) is 0 Å². The number of rotatable bonds is 28. The first kappa shape index (κ1) is 86.7. The van der Waals surface area contributed by atoms with E-state index in [4.69, 9.17) is 63.7 Å². The molecule has 0 aliphatic carbocycles. The van der Waals surface area contributed by atoms with Gasteiger partial charge in [0.2, 0.25) is 65.0 Å². The van der Waals surface area contributed by atoms with Crippen LogP contribution in [-0.2, 0) is 73.5 Å². The third kappa shape index (κ3) is 37.7. The normalized spacial score (nSPS) is 22.5. The molecule has 1 heterocycles. The van der Waals surface area contributed by atoms with Crippen LogP contribution in [-0.4, -0.2) is 222 Å². The predicted molar refractivity (Wildman–Crippen MR) is 329 cm³/mol. The molecule has 37 nitrogen and oxygen atoms in total. The Morgan fingerprint density at radius 1 is 0.505 bits per heavy atom. The molecule has 0 radical (unpaired) electrons. The summed E-state index contributed by atoms with van der Waals surface area (Å²) in [6.07, 6.45) is -1.22. The summed E-state index contributed by atoms with van der Waals surface area (Å²) in [7, 11) is -9.33. The molecule has 1 aliphatic rings. The molecule has 0 aromatic heterocycles. The first-order valence-corrected chi connectivity index (χ1v) is 32.6. The smallest absolute Gasteiger partial charge is 0.391 e. The molecule has 0 bridgehead atoms. The molecule has 14 atom stereocenters. The van der Waals surface area contributed by atoms with Gasteiger partial charge in [-0.3, -0.25) is 71.0 Å². The van der Waals surface area contributed by atoms with Crippen LogP contribution in [0.4, 0.5) is 0 Å². The van der Waals surface area contributed by atoms with E-state index in [0.717, 1.165) is 12.8 Å². The molecular formula is C52H102N16O21S2. The van der Waals surface area contributed by atoms with Crippen molar-refractivity contribution in [2.24, 2.45) is 46.4 Å². The highest BCUT2D eigenvalue weighted by atomic mass is 32.3. The van der Waals surface area contributed by atoms with Crippen molar-refractivity contribution in [1.29, 1.82) is 0 Å². The van der Waals surface area contributed by atoms with Gasteiger partial charge in [-0.25, -0.2) is 0 Å². The van der Waals surface area contributed by atoms with Crippen LogP contribution in [0.3, 0.4) is 0 Å². The molecule has 1 aliphatic heterocycles. The lowest BCUT2D eigenvalue weighted by atomic mass is 9.94. The number of carbonyl (C=O) groups excluding carboxylic acids is 11. The van der Waals surface area contributed by atoms with E-state index in [-0.39, 0.29) is 71.2 Å². The van der Waals surface area contributed by atoms with Crippen LogP contribution < -0.4 is 87.2 Å². The number of carbonyl (C=O) groups is 11. The Bertz CT molecular complexity index is 2510. The highest BCUT2D eigenvalue weighted by Gasteiger charge is 2.39. The van der Waals surface area contributed by atoms with Crippen molar-refractivity contribution in [3.05, 3.63) is 0 Å². The molecule has 14 unspecified atom stereocenters. The summed E-state index contributed by atoms with van der Waals surface area (Å²) in [6, 6.07) is -14.5. The van der Waals surface area contributed by atoms with E-state index in [1.165, 1.54) is 13.8 Å². The van der Waals surface area contributed by atoms with Gasteiger partial charge in [0.1, 0.15) is 60.4 Å². The highest BCUT2D eigenvalue weighted by molar-refractivity contribution is 7.80. The van der Waals surface area contributed by atoms with Crippen molar-refractivity contribution in [1.82, 2.24) is 58.5 Å². The summed E-state index contributed by atoms with van der Waals surface area (Å²) >= 11 is 0. The van der Waals surface area contributed by atoms with Crippen LogP contribution in [0.2, 0.25) is 0 Å². The largest absolute Gasteiger partial charge is 0.394 e. The molecule has 91 heavy (non-hydrogen) atoms. The van der Waals surface area contributed by atoms with Crippen molar-refractivity contribution < 1.29 is 98.0 Å². The molecule has 1 rings (SSSR count). The van der Waals surface area contributed by atoms with Gasteiger partial charge in [0.25, 0.3) is 0 Å². The fraction of sp³-hybridized carbons (Fsp3) is 0.788. The van der Waals surface area contributed by atoms with Crippen LogP contribution in [0.25, 0.3) is 0 Å². The van der Waals surface area contributed by atoms with Gasteiger partial charge < -0.3 is 97.4 Å². The summed E-state index contributed by atoms with van der Waals surface area (Å²) < 4.78 is 63.2. The van der Waals surface area contributed by atoms with Crippen molar-refractivity contribution in [2.75, 3.05) is 39.3 Å². The Balaban J connectivity index is 0. The molecule has 0 aromatic carbocycles. The quantitative estimate of drug-likeness (QED) is 0.0256. The molecule has 1 fully saturated rings. The number of nitrogens with two attached hydrogens (primary N) is 5. The zero-order valence-electron chi connectivity index (χ0n) is 52.9. The van der Waals surface area contributed by atoms with Gasteiger partial charge in [-0.1, -0.05) is 67.2 Å². The minimum atomic E-state index is -4.67. The second-order valence-electron chi connectivity index (χ2n) is 22.1. The van der Waals surface area contributed by atoms with E-state index in [1.54, 1.807) is 27.7 Å². The maximum atomic E-state index is 14.4. The van der Waals surface area contributed by atoms with E-state index in [0.29, 0.717) is 25.2 Å². The minimum Gasteiger partial charge on any atom is -0.391 e. The van der Waals surface area contributed by atoms with Crippen molar-refractivity contribution in [2.45, 2.75) is 205 Å². The second kappa shape index (κ2) is 45.0. The first-order valence-electron chi connectivity index (χ1n) is 29.8. The lowest BCUT2D eigenvalue weighted by Gasteiger charge is -2.31. The molecule has 528 valence electrons. The molecule has 0 spiro atoms. The fourth-order valence-corrected chi connectivity index (χ4v) is 8.56. The van der Waals surface area contributed by atoms with Crippen molar-refractivity contribution >= 4 is 85.8 Å². The zero-order valence-corrected chi connectivity index (χ0v) is 54.5. The number of nitrogens with one attached hydrogen (secondary N) is 11. The van der Waals surface area contributed by atoms with Gasteiger partial charge in [0, 0.05) is 13.0 Å². The Labute approximate surface area is 531 Å². The van der Waals surface area contributed by atoms with Gasteiger partial charge in [-0.05, 0) is 109 Å². The van der Waals surface area contributed by atoms with E-state index >= 15 is 0 Å².